The minimum Gasteiger partial charge on any atom is -0.481 e. The van der Waals surface area contributed by atoms with Crippen molar-refractivity contribution in [3.05, 3.63) is 23.3 Å². The standard InChI is InChI=1S/C10H6F6O3S/c11-9(12,13)4-1-5(10(14,15)16)8(20)6(2-4)19-3-7(17)18/h1-2,20H,3H2,(H,17,18). The highest BCUT2D eigenvalue weighted by Gasteiger charge is 2.39. The van der Waals surface area contributed by atoms with E-state index in [0.29, 0.717) is 0 Å². The first-order valence-corrected chi connectivity index (χ1v) is 5.23. The zero-order valence-electron chi connectivity index (χ0n) is 9.34. The van der Waals surface area contributed by atoms with Gasteiger partial charge in [-0.2, -0.15) is 26.3 Å². The molecule has 0 amide bonds. The molecule has 1 aromatic carbocycles. The molecule has 3 nitrogen and oxygen atoms in total. The Morgan fingerprint density at radius 1 is 1.15 bits per heavy atom. The third-order valence-electron chi connectivity index (χ3n) is 2.06. The molecule has 0 unspecified atom stereocenters. The van der Waals surface area contributed by atoms with Gasteiger partial charge in [-0.1, -0.05) is 0 Å². The predicted molar refractivity (Wildman–Crippen MR) is 56.8 cm³/mol. The van der Waals surface area contributed by atoms with E-state index >= 15 is 0 Å². The van der Waals surface area contributed by atoms with E-state index in [1.807, 2.05) is 0 Å². The number of carboxylic acid groups (broad SMARTS) is 1. The van der Waals surface area contributed by atoms with Gasteiger partial charge in [-0.25, -0.2) is 4.79 Å². The first-order valence-electron chi connectivity index (χ1n) is 4.79. The van der Waals surface area contributed by atoms with E-state index in [-0.39, 0.29) is 12.1 Å². The summed E-state index contributed by atoms with van der Waals surface area (Å²) in [6.45, 7) is -1.09. The quantitative estimate of drug-likeness (QED) is 0.662. The number of hydrogen-bond donors (Lipinski definition) is 2. The van der Waals surface area contributed by atoms with Crippen molar-refractivity contribution in [3.63, 3.8) is 0 Å². The zero-order chi connectivity index (χ0) is 15.7. The number of carboxylic acids is 1. The summed E-state index contributed by atoms with van der Waals surface area (Å²) >= 11 is 3.44. The van der Waals surface area contributed by atoms with Crippen LogP contribution in [-0.4, -0.2) is 17.7 Å². The van der Waals surface area contributed by atoms with E-state index in [1.54, 1.807) is 0 Å². The summed E-state index contributed by atoms with van der Waals surface area (Å²) in [5.74, 6) is -2.46. The monoisotopic (exact) mass is 320 g/mol. The highest BCUT2D eigenvalue weighted by molar-refractivity contribution is 7.80. The third kappa shape index (κ3) is 3.95. The SMILES string of the molecule is O=C(O)COc1cc(C(F)(F)F)cc(C(F)(F)F)c1S. The molecule has 0 aliphatic heterocycles. The van der Waals surface area contributed by atoms with Crippen LogP contribution in [0.2, 0.25) is 0 Å². The molecule has 10 heteroatoms. The van der Waals surface area contributed by atoms with Gasteiger partial charge in [0.2, 0.25) is 0 Å². The van der Waals surface area contributed by atoms with E-state index in [0.717, 1.165) is 0 Å². The summed E-state index contributed by atoms with van der Waals surface area (Å²) in [6, 6.07) is 0.149. The van der Waals surface area contributed by atoms with Crippen LogP contribution in [0.3, 0.4) is 0 Å². The van der Waals surface area contributed by atoms with Crippen molar-refractivity contribution in [2.75, 3.05) is 6.61 Å². The Balaban J connectivity index is 3.39. The van der Waals surface area contributed by atoms with Crippen molar-refractivity contribution in [1.29, 1.82) is 0 Å². The molecule has 1 N–H and O–H groups in total. The van der Waals surface area contributed by atoms with Crippen LogP contribution in [0.5, 0.6) is 5.75 Å². The molecule has 0 spiro atoms. The molecule has 112 valence electrons. The molecule has 1 rings (SSSR count). The van der Waals surface area contributed by atoms with Crippen molar-refractivity contribution >= 4 is 18.6 Å². The van der Waals surface area contributed by atoms with Crippen molar-refractivity contribution in [2.45, 2.75) is 17.2 Å². The molecule has 0 saturated carbocycles. The van der Waals surface area contributed by atoms with Crippen molar-refractivity contribution in [2.24, 2.45) is 0 Å². The van der Waals surface area contributed by atoms with E-state index in [1.165, 1.54) is 0 Å². The van der Waals surface area contributed by atoms with Crippen molar-refractivity contribution in [3.8, 4) is 5.75 Å². The topological polar surface area (TPSA) is 46.5 Å². The van der Waals surface area contributed by atoms with Gasteiger partial charge in [0.25, 0.3) is 0 Å². The summed E-state index contributed by atoms with van der Waals surface area (Å²) < 4.78 is 79.7. The smallest absolute Gasteiger partial charge is 0.417 e. The molecule has 20 heavy (non-hydrogen) atoms. The van der Waals surface area contributed by atoms with Crippen LogP contribution >= 0.6 is 12.6 Å². The molecule has 0 fully saturated rings. The predicted octanol–water partition coefficient (Wildman–Crippen LogP) is 3.48. The first-order chi connectivity index (χ1) is 8.93. The average Bonchev–Trinajstić information content (AvgIpc) is 2.24. The lowest BCUT2D eigenvalue weighted by molar-refractivity contribution is -0.144. The van der Waals surface area contributed by atoms with Gasteiger partial charge in [0, 0.05) is 0 Å². The second kappa shape index (κ2) is 5.43. The van der Waals surface area contributed by atoms with Crippen LogP contribution in [0.1, 0.15) is 11.1 Å². The third-order valence-corrected chi connectivity index (χ3v) is 2.52. The Morgan fingerprint density at radius 3 is 2.10 bits per heavy atom. The van der Waals surface area contributed by atoms with E-state index in [9.17, 15) is 31.1 Å². The van der Waals surface area contributed by atoms with Gasteiger partial charge in [0.1, 0.15) is 5.75 Å². The number of alkyl halides is 6. The average molecular weight is 320 g/mol. The minimum absolute atomic E-state index is 0.115. The fourth-order valence-corrected chi connectivity index (χ4v) is 1.56. The Morgan fingerprint density at radius 2 is 1.70 bits per heavy atom. The molecule has 0 heterocycles. The van der Waals surface area contributed by atoms with Gasteiger partial charge < -0.3 is 9.84 Å². The summed E-state index contributed by atoms with van der Waals surface area (Å²) in [6.07, 6.45) is -10.1. The van der Waals surface area contributed by atoms with Gasteiger partial charge in [-0.3, -0.25) is 0 Å². The maximum absolute atomic E-state index is 12.6. The van der Waals surface area contributed by atoms with Crippen LogP contribution in [0, 0.1) is 0 Å². The fraction of sp³-hybridized carbons (Fsp3) is 0.300. The van der Waals surface area contributed by atoms with Crippen LogP contribution in [0.25, 0.3) is 0 Å². The van der Waals surface area contributed by atoms with Gasteiger partial charge in [-0.05, 0) is 12.1 Å². The Kier molecular flexibility index (Phi) is 4.47. The molecular weight excluding hydrogens is 314 g/mol. The lowest BCUT2D eigenvalue weighted by Gasteiger charge is -2.17. The lowest BCUT2D eigenvalue weighted by atomic mass is 10.1. The van der Waals surface area contributed by atoms with Crippen molar-refractivity contribution in [1.82, 2.24) is 0 Å². The molecule has 0 radical (unpaired) electrons. The van der Waals surface area contributed by atoms with Gasteiger partial charge in [0.05, 0.1) is 16.0 Å². The van der Waals surface area contributed by atoms with Crippen LogP contribution in [-0.2, 0) is 17.1 Å². The Bertz CT molecular complexity index is 523. The molecule has 0 aliphatic carbocycles. The number of ether oxygens (including phenoxy) is 1. The second-order valence-electron chi connectivity index (χ2n) is 3.55. The van der Waals surface area contributed by atoms with Crippen molar-refractivity contribution < 1.29 is 41.0 Å². The number of thiol groups is 1. The maximum Gasteiger partial charge on any atom is 0.417 e. The summed E-state index contributed by atoms with van der Waals surface area (Å²) in [5, 5.41) is 8.33. The zero-order valence-corrected chi connectivity index (χ0v) is 10.2. The molecule has 0 atom stereocenters. The highest BCUT2D eigenvalue weighted by Crippen LogP contribution is 2.42. The molecule has 0 aliphatic rings. The van der Waals surface area contributed by atoms with Crippen LogP contribution in [0.15, 0.2) is 17.0 Å². The summed E-state index contributed by atoms with van der Waals surface area (Å²) in [5.41, 5.74) is -3.26. The van der Waals surface area contributed by atoms with E-state index in [4.69, 9.17) is 5.11 Å². The van der Waals surface area contributed by atoms with Crippen LogP contribution < -0.4 is 4.74 Å². The fourth-order valence-electron chi connectivity index (χ4n) is 1.24. The largest absolute Gasteiger partial charge is 0.481 e. The molecule has 0 saturated heterocycles. The van der Waals surface area contributed by atoms with Gasteiger partial charge >= 0.3 is 18.3 Å². The lowest BCUT2D eigenvalue weighted by Crippen LogP contribution is -2.15. The number of halogens is 6. The van der Waals surface area contributed by atoms with Crippen LogP contribution in [0.4, 0.5) is 26.3 Å². The van der Waals surface area contributed by atoms with Gasteiger partial charge in [-0.15, -0.1) is 12.6 Å². The molecule has 0 bridgehead atoms. The van der Waals surface area contributed by atoms with E-state index < -0.39 is 46.7 Å². The highest BCUT2D eigenvalue weighted by atomic mass is 32.1. The molecule has 0 aromatic heterocycles. The summed E-state index contributed by atoms with van der Waals surface area (Å²) in [4.78, 5) is 9.34. The number of benzene rings is 1. The Hall–Kier alpha value is -1.58. The molecular formula is C10H6F6O3S. The normalized spacial score (nSPS) is 12.3. The minimum atomic E-state index is -5.08. The number of carbonyl (C=O) groups is 1. The van der Waals surface area contributed by atoms with Gasteiger partial charge in [0.15, 0.2) is 6.61 Å². The number of aliphatic carboxylic acids is 1. The summed E-state index contributed by atoms with van der Waals surface area (Å²) in [7, 11) is 0. The van der Waals surface area contributed by atoms with E-state index in [2.05, 4.69) is 17.4 Å². The Labute approximate surface area is 113 Å². The first kappa shape index (κ1) is 16.5. The number of rotatable bonds is 3. The number of hydrogen-bond acceptors (Lipinski definition) is 3. The molecule has 1 aromatic rings. The second-order valence-corrected chi connectivity index (χ2v) is 4.00. The maximum atomic E-state index is 12.6.